The van der Waals surface area contributed by atoms with Crippen LogP contribution in [0, 0.1) is 0 Å². The van der Waals surface area contributed by atoms with Gasteiger partial charge in [-0.1, -0.05) is 44.4 Å². The Labute approximate surface area is 130 Å². The highest BCUT2D eigenvalue weighted by atomic mass is 28.4. The molecule has 0 unspecified atom stereocenters. The van der Waals surface area contributed by atoms with Crippen molar-refractivity contribution >= 4 is 22.4 Å². The molecular formula is C16H27NO2Si2. The Balaban J connectivity index is 2.29. The third-order valence-electron chi connectivity index (χ3n) is 4.65. The van der Waals surface area contributed by atoms with Crippen molar-refractivity contribution in [2.24, 2.45) is 0 Å². The molecule has 116 valence electrons. The van der Waals surface area contributed by atoms with E-state index >= 15 is 0 Å². The number of ether oxygens (including phenoxy) is 1. The minimum Gasteiger partial charge on any atom is -0.462 e. The van der Waals surface area contributed by atoms with Gasteiger partial charge in [0.25, 0.3) is 0 Å². The molecular weight excluding hydrogens is 294 g/mol. The standard InChI is InChI=1S/C16H27NO2Si2/c1-6-19-16(18)15-10-8-7-9-14(15)13-17-20(2,3)11-12-21(17,4)5/h7-10H,6,11-13H2,1-5H3. The maximum atomic E-state index is 12.1. The van der Waals surface area contributed by atoms with Gasteiger partial charge in [0.05, 0.1) is 12.2 Å². The Kier molecular flexibility index (Phi) is 4.75. The van der Waals surface area contributed by atoms with Crippen LogP contribution in [0.3, 0.4) is 0 Å². The van der Waals surface area contributed by atoms with Gasteiger partial charge >= 0.3 is 5.97 Å². The van der Waals surface area contributed by atoms with Gasteiger partial charge in [-0.05, 0) is 30.6 Å². The van der Waals surface area contributed by atoms with Crippen LogP contribution >= 0.6 is 0 Å². The van der Waals surface area contributed by atoms with Crippen molar-refractivity contribution in [3.63, 3.8) is 0 Å². The summed E-state index contributed by atoms with van der Waals surface area (Å²) in [6.45, 7) is 13.0. The minimum atomic E-state index is -1.32. The molecule has 1 saturated heterocycles. The van der Waals surface area contributed by atoms with E-state index in [9.17, 15) is 4.79 Å². The number of hydrogen-bond acceptors (Lipinski definition) is 3. The van der Waals surface area contributed by atoms with Crippen LogP contribution in [-0.2, 0) is 11.3 Å². The second kappa shape index (κ2) is 6.06. The monoisotopic (exact) mass is 321 g/mol. The largest absolute Gasteiger partial charge is 0.462 e. The number of hydrogen-bond donors (Lipinski definition) is 0. The third-order valence-corrected chi connectivity index (χ3v) is 15.0. The van der Waals surface area contributed by atoms with Crippen LogP contribution in [0.15, 0.2) is 24.3 Å². The maximum Gasteiger partial charge on any atom is 0.338 e. The zero-order valence-corrected chi connectivity index (χ0v) is 15.9. The predicted molar refractivity (Wildman–Crippen MR) is 92.5 cm³/mol. The molecule has 2 rings (SSSR count). The summed E-state index contributed by atoms with van der Waals surface area (Å²) in [4.78, 5) is 12.1. The first-order valence-corrected chi connectivity index (χ1v) is 14.1. The molecule has 0 radical (unpaired) electrons. The summed E-state index contributed by atoms with van der Waals surface area (Å²) >= 11 is 0. The second-order valence-corrected chi connectivity index (χ2v) is 16.9. The molecule has 0 saturated carbocycles. The Morgan fingerprint density at radius 1 is 1.14 bits per heavy atom. The topological polar surface area (TPSA) is 29.5 Å². The van der Waals surface area contributed by atoms with Crippen LogP contribution < -0.4 is 0 Å². The molecule has 3 nitrogen and oxygen atoms in total. The van der Waals surface area contributed by atoms with Crippen LogP contribution in [-0.4, -0.2) is 33.3 Å². The number of carbonyl (C=O) groups is 1. The zero-order chi connectivity index (χ0) is 15.7. The van der Waals surface area contributed by atoms with Crippen molar-refractivity contribution in [1.82, 2.24) is 4.23 Å². The van der Waals surface area contributed by atoms with Crippen LogP contribution in [0.1, 0.15) is 22.8 Å². The molecule has 1 aliphatic rings. The SMILES string of the molecule is CCOC(=O)c1ccccc1CN1[Si](C)(C)CC[Si]1(C)C. The van der Waals surface area contributed by atoms with E-state index in [1.54, 1.807) is 0 Å². The molecule has 5 heteroatoms. The average molecular weight is 322 g/mol. The van der Waals surface area contributed by atoms with Gasteiger partial charge in [-0.3, -0.25) is 0 Å². The van der Waals surface area contributed by atoms with Crippen LogP contribution in [0.25, 0.3) is 0 Å². The van der Waals surface area contributed by atoms with Gasteiger partial charge in [-0.25, -0.2) is 4.79 Å². The van der Waals surface area contributed by atoms with Gasteiger partial charge in [0.15, 0.2) is 0 Å². The molecule has 0 bridgehead atoms. The predicted octanol–water partition coefficient (Wildman–Crippen LogP) is 4.09. The second-order valence-electron chi connectivity index (χ2n) is 7.09. The number of benzene rings is 1. The van der Waals surface area contributed by atoms with E-state index in [2.05, 4.69) is 36.5 Å². The van der Waals surface area contributed by atoms with E-state index in [0.29, 0.717) is 6.61 Å². The summed E-state index contributed by atoms with van der Waals surface area (Å²) in [5, 5.41) is 0. The molecule has 0 aliphatic carbocycles. The van der Waals surface area contributed by atoms with Crippen molar-refractivity contribution in [2.45, 2.75) is 51.7 Å². The summed E-state index contributed by atoms with van der Waals surface area (Å²) in [6.07, 6.45) is 0. The van der Waals surface area contributed by atoms with Crippen LogP contribution in [0.4, 0.5) is 0 Å². The average Bonchev–Trinajstić information content (AvgIpc) is 2.62. The molecule has 1 aromatic rings. The summed E-state index contributed by atoms with van der Waals surface area (Å²) in [5.41, 5.74) is 1.86. The van der Waals surface area contributed by atoms with Gasteiger partial charge in [-0.15, -0.1) is 0 Å². The first kappa shape index (κ1) is 16.5. The number of nitrogens with zero attached hydrogens (tertiary/aromatic N) is 1. The highest BCUT2D eigenvalue weighted by Gasteiger charge is 2.47. The van der Waals surface area contributed by atoms with E-state index in [1.165, 1.54) is 12.1 Å². The zero-order valence-electron chi connectivity index (χ0n) is 13.9. The molecule has 0 aromatic heterocycles. The lowest BCUT2D eigenvalue weighted by Crippen LogP contribution is -2.54. The van der Waals surface area contributed by atoms with Crippen LogP contribution in [0.5, 0.6) is 0 Å². The van der Waals surface area contributed by atoms with Gasteiger partial charge < -0.3 is 8.97 Å². The molecule has 0 amide bonds. The lowest BCUT2D eigenvalue weighted by atomic mass is 10.1. The summed E-state index contributed by atoms with van der Waals surface area (Å²) in [5.74, 6) is -0.189. The quantitative estimate of drug-likeness (QED) is 0.618. The van der Waals surface area contributed by atoms with E-state index in [0.717, 1.165) is 17.7 Å². The van der Waals surface area contributed by atoms with E-state index < -0.39 is 16.5 Å². The molecule has 21 heavy (non-hydrogen) atoms. The molecule has 1 heterocycles. The highest BCUT2D eigenvalue weighted by Crippen LogP contribution is 2.38. The normalized spacial score (nSPS) is 20.4. The molecule has 1 aliphatic heterocycles. The molecule has 1 aromatic carbocycles. The van der Waals surface area contributed by atoms with Gasteiger partial charge in [0.2, 0.25) is 0 Å². The summed E-state index contributed by atoms with van der Waals surface area (Å²) < 4.78 is 7.99. The first-order valence-electron chi connectivity index (χ1n) is 7.81. The Morgan fingerprint density at radius 3 is 2.29 bits per heavy atom. The molecule has 0 atom stereocenters. The fraction of sp³-hybridized carbons (Fsp3) is 0.562. The van der Waals surface area contributed by atoms with Gasteiger partial charge in [0, 0.05) is 6.54 Å². The molecule has 0 N–H and O–H groups in total. The first-order chi connectivity index (χ1) is 9.78. The van der Waals surface area contributed by atoms with Gasteiger partial charge in [-0.2, -0.15) is 0 Å². The Morgan fingerprint density at radius 2 is 1.71 bits per heavy atom. The maximum absolute atomic E-state index is 12.1. The van der Waals surface area contributed by atoms with Crippen molar-refractivity contribution in [3.05, 3.63) is 35.4 Å². The Hall–Kier alpha value is -0.916. The van der Waals surface area contributed by atoms with E-state index in [-0.39, 0.29) is 5.97 Å². The molecule has 1 fully saturated rings. The Bertz CT molecular complexity index is 513. The fourth-order valence-electron chi connectivity index (χ4n) is 3.37. The van der Waals surface area contributed by atoms with E-state index in [4.69, 9.17) is 4.74 Å². The lowest BCUT2D eigenvalue weighted by molar-refractivity contribution is 0.0524. The summed E-state index contributed by atoms with van der Waals surface area (Å²) in [6, 6.07) is 10.7. The number of esters is 1. The number of carbonyl (C=O) groups excluding carboxylic acids is 1. The number of rotatable bonds is 4. The van der Waals surface area contributed by atoms with Crippen LogP contribution in [0.2, 0.25) is 38.3 Å². The fourth-order valence-corrected chi connectivity index (χ4v) is 17.2. The molecule has 0 spiro atoms. The van der Waals surface area contributed by atoms with Crippen molar-refractivity contribution in [3.8, 4) is 0 Å². The lowest BCUT2D eigenvalue weighted by Gasteiger charge is -2.39. The van der Waals surface area contributed by atoms with Crippen molar-refractivity contribution in [2.75, 3.05) is 6.61 Å². The van der Waals surface area contributed by atoms with Crippen molar-refractivity contribution in [1.29, 1.82) is 0 Å². The van der Waals surface area contributed by atoms with E-state index in [1.807, 2.05) is 25.1 Å². The third kappa shape index (κ3) is 3.47. The minimum absolute atomic E-state index is 0.189. The smallest absolute Gasteiger partial charge is 0.338 e. The van der Waals surface area contributed by atoms with Gasteiger partial charge in [0.1, 0.15) is 16.5 Å². The highest BCUT2D eigenvalue weighted by molar-refractivity contribution is 6.95. The van der Waals surface area contributed by atoms with Crippen molar-refractivity contribution < 1.29 is 9.53 Å². The summed E-state index contributed by atoms with van der Waals surface area (Å²) in [7, 11) is -2.64.